The molecule has 2 rings (SSSR count). The molecule has 0 aliphatic carbocycles. The van der Waals surface area contributed by atoms with Crippen LogP contribution in [0.2, 0.25) is 0 Å². The van der Waals surface area contributed by atoms with Gasteiger partial charge in [-0.15, -0.1) is 10.2 Å². The molecule has 0 amide bonds. The number of aryl methyl sites for hydroxylation is 1. The minimum atomic E-state index is -0.562. The van der Waals surface area contributed by atoms with E-state index in [-0.39, 0.29) is 11.4 Å². The molecule has 0 aromatic carbocycles. The van der Waals surface area contributed by atoms with Crippen molar-refractivity contribution in [2.75, 3.05) is 25.2 Å². The summed E-state index contributed by atoms with van der Waals surface area (Å²) in [5.41, 5.74) is 6.87. The molecule has 2 heterocycles. The van der Waals surface area contributed by atoms with Crippen molar-refractivity contribution in [3.63, 3.8) is 0 Å². The Kier molecular flexibility index (Phi) is 3.32. The lowest BCUT2D eigenvalue weighted by atomic mass is 10.3. The summed E-state index contributed by atoms with van der Waals surface area (Å²) in [6.07, 6.45) is 0. The topological polar surface area (TPSA) is 108 Å². The summed E-state index contributed by atoms with van der Waals surface area (Å²) >= 11 is 0. The van der Waals surface area contributed by atoms with Crippen molar-refractivity contribution in [2.45, 2.75) is 6.92 Å². The number of esters is 1. The van der Waals surface area contributed by atoms with Gasteiger partial charge in [0.1, 0.15) is 11.4 Å². The number of methoxy groups -OCH3 is 1. The Bertz CT molecular complexity index is 604. The van der Waals surface area contributed by atoms with Crippen LogP contribution < -0.4 is 11.1 Å². The molecule has 0 saturated heterocycles. The molecule has 0 aliphatic rings. The molecule has 19 heavy (non-hydrogen) atoms. The maximum Gasteiger partial charge on any atom is 0.345 e. The number of nitrogens with one attached hydrogen (secondary N) is 1. The molecule has 0 unspecified atom stereocenters. The summed E-state index contributed by atoms with van der Waals surface area (Å²) < 4.78 is 6.02. The van der Waals surface area contributed by atoms with E-state index in [1.54, 1.807) is 19.2 Å². The predicted octanol–water partition coefficient (Wildman–Crippen LogP) is 0.381. The van der Waals surface area contributed by atoms with Crippen LogP contribution in [0.4, 0.5) is 11.6 Å². The van der Waals surface area contributed by atoms with E-state index >= 15 is 0 Å². The molecule has 0 saturated carbocycles. The monoisotopic (exact) mass is 262 g/mol. The summed E-state index contributed by atoms with van der Waals surface area (Å²) in [6.45, 7) is 1.82. The second-order valence-electron chi connectivity index (χ2n) is 3.80. The van der Waals surface area contributed by atoms with E-state index in [9.17, 15) is 4.79 Å². The van der Waals surface area contributed by atoms with Crippen molar-refractivity contribution in [1.29, 1.82) is 0 Å². The number of nitrogens with zero attached hydrogens (tertiary/aromatic N) is 4. The molecule has 2 aromatic rings. The highest BCUT2D eigenvalue weighted by Crippen LogP contribution is 2.24. The van der Waals surface area contributed by atoms with Gasteiger partial charge in [0.25, 0.3) is 0 Å². The Labute approximate surface area is 109 Å². The lowest BCUT2D eigenvalue weighted by Gasteiger charge is -2.02. The molecule has 2 aromatic heterocycles. The second-order valence-corrected chi connectivity index (χ2v) is 3.80. The average molecular weight is 262 g/mol. The van der Waals surface area contributed by atoms with Gasteiger partial charge in [0.2, 0.25) is 0 Å². The second kappa shape index (κ2) is 4.92. The third-order valence-electron chi connectivity index (χ3n) is 2.55. The number of hydrogen-bond donors (Lipinski definition) is 2. The van der Waals surface area contributed by atoms with Crippen LogP contribution in [0.1, 0.15) is 16.1 Å². The first-order valence-electron chi connectivity index (χ1n) is 5.53. The Morgan fingerprint density at radius 3 is 2.68 bits per heavy atom. The van der Waals surface area contributed by atoms with Gasteiger partial charge >= 0.3 is 5.97 Å². The van der Waals surface area contributed by atoms with Crippen LogP contribution >= 0.6 is 0 Å². The number of aromatic nitrogens is 4. The van der Waals surface area contributed by atoms with Gasteiger partial charge in [-0.05, 0) is 19.1 Å². The normalized spacial score (nSPS) is 10.3. The number of carbonyl (C=O) groups is 1. The molecule has 0 fully saturated rings. The molecule has 8 nitrogen and oxygen atoms in total. The Hall–Kier alpha value is -2.64. The smallest absolute Gasteiger partial charge is 0.345 e. The van der Waals surface area contributed by atoms with Gasteiger partial charge in [-0.3, -0.25) is 0 Å². The van der Waals surface area contributed by atoms with Crippen LogP contribution in [0.15, 0.2) is 12.1 Å². The largest absolute Gasteiger partial charge is 0.465 e. The quantitative estimate of drug-likeness (QED) is 0.770. The molecule has 100 valence electrons. The average Bonchev–Trinajstić information content (AvgIpc) is 2.76. The fraction of sp³-hybridized carbons (Fsp3) is 0.273. The number of carbonyl (C=O) groups excluding carboxylic acids is 1. The van der Waals surface area contributed by atoms with Crippen LogP contribution in [0.5, 0.6) is 0 Å². The van der Waals surface area contributed by atoms with Crippen molar-refractivity contribution in [1.82, 2.24) is 20.0 Å². The van der Waals surface area contributed by atoms with E-state index in [2.05, 4.69) is 25.3 Å². The third-order valence-corrected chi connectivity index (χ3v) is 2.55. The maximum atomic E-state index is 11.7. The lowest BCUT2D eigenvalue weighted by molar-refractivity contribution is 0.0603. The van der Waals surface area contributed by atoms with Crippen molar-refractivity contribution in [3.05, 3.63) is 23.4 Å². The highest BCUT2D eigenvalue weighted by Gasteiger charge is 2.23. The van der Waals surface area contributed by atoms with Gasteiger partial charge in [0.05, 0.1) is 12.8 Å². The lowest BCUT2D eigenvalue weighted by Crippen LogP contribution is -2.09. The van der Waals surface area contributed by atoms with E-state index in [4.69, 9.17) is 5.73 Å². The maximum absolute atomic E-state index is 11.7. The van der Waals surface area contributed by atoms with Gasteiger partial charge in [0.15, 0.2) is 11.6 Å². The SMILES string of the molecule is CNc1nn(-c2ccc(C)nn2)c(N)c1C(=O)OC. The van der Waals surface area contributed by atoms with Gasteiger partial charge < -0.3 is 15.8 Å². The number of rotatable bonds is 3. The first-order chi connectivity index (χ1) is 9.08. The summed E-state index contributed by atoms with van der Waals surface area (Å²) in [4.78, 5) is 11.7. The first-order valence-corrected chi connectivity index (χ1v) is 5.53. The molecule has 0 atom stereocenters. The summed E-state index contributed by atoms with van der Waals surface area (Å²) in [7, 11) is 2.92. The molecule has 0 aliphatic heterocycles. The number of nitrogens with two attached hydrogens (primary N) is 1. The van der Waals surface area contributed by atoms with Crippen molar-refractivity contribution < 1.29 is 9.53 Å². The van der Waals surface area contributed by atoms with Crippen LogP contribution in [0.25, 0.3) is 5.82 Å². The van der Waals surface area contributed by atoms with Crippen molar-refractivity contribution in [3.8, 4) is 5.82 Å². The van der Waals surface area contributed by atoms with E-state index in [1.165, 1.54) is 11.8 Å². The highest BCUT2D eigenvalue weighted by atomic mass is 16.5. The number of hydrogen-bond acceptors (Lipinski definition) is 7. The number of anilines is 2. The van der Waals surface area contributed by atoms with Crippen LogP contribution in [0.3, 0.4) is 0 Å². The first kappa shape index (κ1) is 12.8. The summed E-state index contributed by atoms with van der Waals surface area (Å²) in [6, 6.07) is 3.49. The molecule has 0 spiro atoms. The van der Waals surface area contributed by atoms with Crippen LogP contribution in [0, 0.1) is 6.92 Å². The zero-order valence-corrected chi connectivity index (χ0v) is 10.8. The van der Waals surface area contributed by atoms with E-state index < -0.39 is 5.97 Å². The predicted molar refractivity (Wildman–Crippen MR) is 69.2 cm³/mol. The van der Waals surface area contributed by atoms with E-state index in [1.807, 2.05) is 6.92 Å². The molecule has 0 radical (unpaired) electrons. The molecule has 3 N–H and O–H groups in total. The standard InChI is InChI=1S/C11H14N6O2/c1-6-4-5-7(15-14-6)17-9(12)8(11(18)19-3)10(13-2)16-17/h4-5H,12H2,1-3H3,(H,13,16). The number of ether oxygens (including phenoxy) is 1. The third kappa shape index (κ3) is 2.19. The fourth-order valence-electron chi connectivity index (χ4n) is 1.59. The van der Waals surface area contributed by atoms with Crippen molar-refractivity contribution in [2.24, 2.45) is 0 Å². The van der Waals surface area contributed by atoms with Crippen LogP contribution in [-0.4, -0.2) is 40.1 Å². The highest BCUT2D eigenvalue weighted by molar-refractivity contribution is 5.99. The molecule has 0 bridgehead atoms. The van der Waals surface area contributed by atoms with E-state index in [0.717, 1.165) is 5.69 Å². The van der Waals surface area contributed by atoms with Gasteiger partial charge in [-0.25, -0.2) is 4.79 Å². The van der Waals surface area contributed by atoms with Crippen LogP contribution in [-0.2, 0) is 4.74 Å². The Balaban J connectivity index is 2.56. The summed E-state index contributed by atoms with van der Waals surface area (Å²) in [5.74, 6) is 0.337. The zero-order valence-electron chi connectivity index (χ0n) is 10.8. The molecular formula is C11H14N6O2. The van der Waals surface area contributed by atoms with Gasteiger partial charge in [0, 0.05) is 7.05 Å². The molecular weight excluding hydrogens is 248 g/mol. The summed E-state index contributed by atoms with van der Waals surface area (Å²) in [5, 5.41) is 14.9. The van der Waals surface area contributed by atoms with Gasteiger partial charge in [-0.1, -0.05) is 0 Å². The molecule has 8 heteroatoms. The zero-order chi connectivity index (χ0) is 14.0. The van der Waals surface area contributed by atoms with Gasteiger partial charge in [-0.2, -0.15) is 9.78 Å². The Morgan fingerprint density at radius 1 is 1.42 bits per heavy atom. The van der Waals surface area contributed by atoms with E-state index in [0.29, 0.717) is 11.6 Å². The minimum absolute atomic E-state index is 0.148. The number of nitrogen functional groups attached to an aromatic ring is 1. The Morgan fingerprint density at radius 2 is 2.16 bits per heavy atom. The fourth-order valence-corrected chi connectivity index (χ4v) is 1.59. The van der Waals surface area contributed by atoms with Crippen molar-refractivity contribution >= 4 is 17.6 Å². The minimum Gasteiger partial charge on any atom is -0.465 e.